The standard InChI is InChI=1S/C12H16N2O7S/c1-7-4-14(11(16)13-9(7)15)10-8-3-12(21-10,5-19-8)6-20-22(2,17)18/h4,8,10H,3,5-6H2,1-2H3,(H,13,15,16)/t8-,10-,12-/m1/s1. The van der Waals surface area contributed by atoms with Gasteiger partial charge in [-0.3, -0.25) is 18.5 Å². The Morgan fingerprint density at radius 3 is 2.91 bits per heavy atom. The van der Waals surface area contributed by atoms with Gasteiger partial charge < -0.3 is 9.47 Å². The molecule has 3 atom stereocenters. The van der Waals surface area contributed by atoms with Crippen molar-refractivity contribution in [3.8, 4) is 0 Å². The van der Waals surface area contributed by atoms with Gasteiger partial charge in [0.25, 0.3) is 15.7 Å². The van der Waals surface area contributed by atoms with E-state index >= 15 is 0 Å². The molecule has 0 aromatic carbocycles. The van der Waals surface area contributed by atoms with Crippen LogP contribution in [0.25, 0.3) is 0 Å². The first-order valence-electron chi connectivity index (χ1n) is 6.65. The first-order valence-corrected chi connectivity index (χ1v) is 8.47. The largest absolute Gasteiger partial charge is 0.370 e. The van der Waals surface area contributed by atoms with Gasteiger partial charge in [-0.15, -0.1) is 0 Å². The van der Waals surface area contributed by atoms with Crippen molar-refractivity contribution in [2.24, 2.45) is 0 Å². The normalized spacial score (nSPS) is 30.8. The summed E-state index contributed by atoms with van der Waals surface area (Å²) in [6, 6.07) is 0. The Morgan fingerprint density at radius 2 is 2.23 bits per heavy atom. The van der Waals surface area contributed by atoms with E-state index in [4.69, 9.17) is 13.7 Å². The molecule has 3 heterocycles. The molecule has 0 aliphatic carbocycles. The molecule has 1 N–H and O–H groups in total. The average Bonchev–Trinajstić information content (AvgIpc) is 2.99. The summed E-state index contributed by atoms with van der Waals surface area (Å²) >= 11 is 0. The van der Waals surface area contributed by atoms with Gasteiger partial charge in [0, 0.05) is 18.2 Å². The Balaban J connectivity index is 1.86. The number of aromatic nitrogens is 2. The molecule has 2 fully saturated rings. The van der Waals surface area contributed by atoms with Crippen molar-refractivity contribution in [1.29, 1.82) is 0 Å². The van der Waals surface area contributed by atoms with Gasteiger partial charge in [0.1, 0.15) is 11.7 Å². The van der Waals surface area contributed by atoms with E-state index in [2.05, 4.69) is 4.98 Å². The third kappa shape index (κ3) is 2.74. The first-order chi connectivity index (χ1) is 10.2. The molecule has 1 aromatic heterocycles. The summed E-state index contributed by atoms with van der Waals surface area (Å²) in [6.07, 6.45) is 1.66. The van der Waals surface area contributed by atoms with Crippen molar-refractivity contribution in [3.05, 3.63) is 32.6 Å². The maximum absolute atomic E-state index is 11.9. The molecule has 3 rings (SSSR count). The molecule has 2 bridgehead atoms. The second-order valence-electron chi connectivity index (χ2n) is 5.69. The van der Waals surface area contributed by atoms with Crippen LogP contribution >= 0.6 is 0 Å². The van der Waals surface area contributed by atoms with Crippen molar-refractivity contribution >= 4 is 10.1 Å². The zero-order valence-corrected chi connectivity index (χ0v) is 12.9. The van der Waals surface area contributed by atoms with Gasteiger partial charge >= 0.3 is 5.69 Å². The van der Waals surface area contributed by atoms with E-state index in [9.17, 15) is 18.0 Å². The summed E-state index contributed by atoms with van der Waals surface area (Å²) in [4.78, 5) is 25.5. The number of fused-ring (bicyclic) bond motifs is 2. The molecule has 0 radical (unpaired) electrons. The predicted molar refractivity (Wildman–Crippen MR) is 74.1 cm³/mol. The summed E-state index contributed by atoms with van der Waals surface area (Å²) in [5.74, 6) is 0. The number of ether oxygens (including phenoxy) is 2. The molecule has 2 aliphatic heterocycles. The number of aryl methyl sites for hydroxylation is 1. The molecule has 0 unspecified atom stereocenters. The van der Waals surface area contributed by atoms with Gasteiger partial charge in [-0.1, -0.05) is 0 Å². The molecule has 0 amide bonds. The van der Waals surface area contributed by atoms with Crippen molar-refractivity contribution in [1.82, 2.24) is 9.55 Å². The SMILES string of the molecule is Cc1cn([C@@H]2O[C@@]3(COS(C)(=O)=O)CO[C@@H]2C3)c(=O)[nH]c1=O. The lowest BCUT2D eigenvalue weighted by Crippen LogP contribution is -2.43. The van der Waals surface area contributed by atoms with E-state index in [0.29, 0.717) is 12.0 Å². The van der Waals surface area contributed by atoms with Crippen LogP contribution in [0.2, 0.25) is 0 Å². The van der Waals surface area contributed by atoms with E-state index in [1.807, 2.05) is 0 Å². The fraction of sp³-hybridized carbons (Fsp3) is 0.667. The average molecular weight is 332 g/mol. The highest BCUT2D eigenvalue weighted by atomic mass is 32.2. The Labute approximate surface area is 125 Å². The smallest absolute Gasteiger partial charge is 0.330 e. The second-order valence-corrected chi connectivity index (χ2v) is 7.33. The van der Waals surface area contributed by atoms with Gasteiger partial charge in [-0.05, 0) is 6.92 Å². The molecular weight excluding hydrogens is 316 g/mol. The van der Waals surface area contributed by atoms with E-state index in [1.54, 1.807) is 6.92 Å². The van der Waals surface area contributed by atoms with Crippen LogP contribution in [0.5, 0.6) is 0 Å². The van der Waals surface area contributed by atoms with Crippen LogP contribution in [0.4, 0.5) is 0 Å². The van der Waals surface area contributed by atoms with Gasteiger partial charge in [-0.2, -0.15) is 8.42 Å². The zero-order valence-electron chi connectivity index (χ0n) is 12.1. The van der Waals surface area contributed by atoms with Gasteiger partial charge in [0.05, 0.1) is 19.5 Å². The molecular formula is C12H16N2O7S. The van der Waals surface area contributed by atoms with Crippen molar-refractivity contribution in [2.45, 2.75) is 31.3 Å². The number of nitrogens with zero attached hydrogens (tertiary/aromatic N) is 1. The van der Waals surface area contributed by atoms with Crippen LogP contribution in [0.3, 0.4) is 0 Å². The Morgan fingerprint density at radius 1 is 1.50 bits per heavy atom. The van der Waals surface area contributed by atoms with Crippen molar-refractivity contribution in [3.63, 3.8) is 0 Å². The highest BCUT2D eigenvalue weighted by Crippen LogP contribution is 2.44. The summed E-state index contributed by atoms with van der Waals surface area (Å²) in [5, 5.41) is 0. The first kappa shape index (κ1) is 15.4. The molecule has 2 aliphatic rings. The highest BCUT2D eigenvalue weighted by molar-refractivity contribution is 7.85. The summed E-state index contributed by atoms with van der Waals surface area (Å²) in [5.41, 5.74) is -1.59. The monoisotopic (exact) mass is 332 g/mol. The van der Waals surface area contributed by atoms with Gasteiger partial charge in [0.15, 0.2) is 6.23 Å². The number of nitrogens with one attached hydrogen (secondary N) is 1. The van der Waals surface area contributed by atoms with E-state index in [0.717, 1.165) is 6.26 Å². The quantitative estimate of drug-likeness (QED) is 0.694. The molecule has 0 saturated carbocycles. The second kappa shape index (κ2) is 5.01. The Hall–Kier alpha value is -1.49. The Bertz CT molecular complexity index is 811. The molecule has 10 heteroatoms. The van der Waals surface area contributed by atoms with E-state index in [-0.39, 0.29) is 13.2 Å². The minimum Gasteiger partial charge on any atom is -0.370 e. The molecule has 9 nitrogen and oxygen atoms in total. The number of aromatic amines is 1. The number of rotatable bonds is 4. The Kier molecular flexibility index (Phi) is 3.51. The van der Waals surface area contributed by atoms with Crippen LogP contribution in [0, 0.1) is 6.92 Å². The summed E-state index contributed by atoms with van der Waals surface area (Å²) < 4.78 is 39.7. The van der Waals surface area contributed by atoms with Crippen molar-refractivity contribution < 1.29 is 22.1 Å². The van der Waals surface area contributed by atoms with Gasteiger partial charge in [0.2, 0.25) is 0 Å². The lowest BCUT2D eigenvalue weighted by molar-refractivity contribution is -0.181. The molecule has 22 heavy (non-hydrogen) atoms. The molecule has 1 aromatic rings. The van der Waals surface area contributed by atoms with Crippen molar-refractivity contribution in [2.75, 3.05) is 19.5 Å². The van der Waals surface area contributed by atoms with Crippen LogP contribution in [-0.4, -0.2) is 49.1 Å². The van der Waals surface area contributed by atoms with Gasteiger partial charge in [-0.25, -0.2) is 4.79 Å². The highest BCUT2D eigenvalue weighted by Gasteiger charge is 2.55. The minimum absolute atomic E-state index is 0.171. The van der Waals surface area contributed by atoms with E-state index in [1.165, 1.54) is 10.8 Å². The van der Waals surface area contributed by atoms with Crippen LogP contribution in [-0.2, 0) is 23.8 Å². The maximum Gasteiger partial charge on any atom is 0.330 e. The molecule has 2 saturated heterocycles. The number of hydrogen-bond acceptors (Lipinski definition) is 7. The maximum atomic E-state index is 11.9. The lowest BCUT2D eigenvalue weighted by Gasteiger charge is -2.30. The fourth-order valence-corrected chi connectivity index (χ4v) is 3.13. The van der Waals surface area contributed by atoms with Crippen LogP contribution in [0.1, 0.15) is 18.2 Å². The summed E-state index contributed by atoms with van der Waals surface area (Å²) in [7, 11) is -3.60. The third-order valence-electron chi connectivity index (χ3n) is 3.78. The van der Waals surface area contributed by atoms with Crippen LogP contribution < -0.4 is 11.2 Å². The zero-order chi connectivity index (χ0) is 16.1. The summed E-state index contributed by atoms with van der Waals surface area (Å²) in [6.45, 7) is 1.60. The third-order valence-corrected chi connectivity index (χ3v) is 4.32. The number of H-pyrrole nitrogens is 1. The number of hydrogen-bond donors (Lipinski definition) is 1. The van der Waals surface area contributed by atoms with Crippen LogP contribution in [0.15, 0.2) is 15.8 Å². The fourth-order valence-electron chi connectivity index (χ4n) is 2.70. The molecule has 0 spiro atoms. The van der Waals surface area contributed by atoms with E-state index < -0.39 is 39.3 Å². The molecule has 122 valence electrons. The lowest BCUT2D eigenvalue weighted by atomic mass is 10.0. The topological polar surface area (TPSA) is 117 Å². The predicted octanol–water partition coefficient (Wildman–Crippen LogP) is -1.12. The minimum atomic E-state index is -3.60.